The average Bonchev–Trinajstić information content (AvgIpc) is 1.57. The van der Waals surface area contributed by atoms with Crippen LogP contribution >= 0.6 is 0 Å². The fraction of sp³-hybridized carbons (Fsp3) is 0.122. The molecular formula is C90H82N4. The number of hydrogen-bond donors (Lipinski definition) is 0. The summed E-state index contributed by atoms with van der Waals surface area (Å²) >= 11 is 0. The minimum Gasteiger partial charge on any atom is -0.309 e. The molecule has 14 rings (SSSR count). The number of benzene rings is 11. The third-order valence-corrected chi connectivity index (χ3v) is 17.6. The van der Waals surface area contributed by atoms with Crippen LogP contribution in [0.25, 0.3) is 77.7 Å². The standard InChI is InChI=1S/C66H53N3.C15H15N.C7H8.C2H6/c1-42-28-29-49(38-58(42)65-43(2)18-16-25-56(65)45(4)67-6)50-30-32-53-37-54-33-31-51(40-60(54)59(53)39-50)52-34-35-63-61(41-52)66-57(26-17-27-64(66)69(63)55-23-14-9-15-24-55)46(5)68-62(48-21-12-8-13-22-48)36-44(3)47-19-10-7-11-20-47;1-13(15-10-6-3-7-11-15)16-12-14-8-4-2-5-9-14;1-7-5-3-2-4-6-7;1-2/h7-15,17-24,26-36,38-41H,3-4,6,16,25,37H2,1-2,5H3;2-11H,12H2,1H3;2-6H,1H3;1-2H3/b62-36-,68-46?;;;. The summed E-state index contributed by atoms with van der Waals surface area (Å²) in [7, 11) is 0. The number of allylic oxidation sites excluding steroid dienone is 6. The van der Waals surface area contributed by atoms with Crippen molar-refractivity contribution >= 4 is 56.8 Å². The number of para-hydroxylation sites is 1. The molecule has 2 aliphatic carbocycles. The smallest absolute Gasteiger partial charge is 0.0711 e. The lowest BCUT2D eigenvalue weighted by Crippen LogP contribution is -2.02. The van der Waals surface area contributed by atoms with Crippen LogP contribution in [0.3, 0.4) is 0 Å². The highest BCUT2D eigenvalue weighted by atomic mass is 15.0. The molecule has 0 saturated carbocycles. The number of aryl methyl sites for hydroxylation is 2. The van der Waals surface area contributed by atoms with Crippen molar-refractivity contribution in [2.45, 2.75) is 74.3 Å². The zero-order valence-corrected chi connectivity index (χ0v) is 55.4. The lowest BCUT2D eigenvalue weighted by Gasteiger charge is -2.22. The molecule has 1 heterocycles. The Kier molecular flexibility index (Phi) is 20.8. The van der Waals surface area contributed by atoms with Gasteiger partial charge in [0.25, 0.3) is 0 Å². The van der Waals surface area contributed by atoms with E-state index in [0.717, 1.165) is 87.6 Å². The maximum Gasteiger partial charge on any atom is 0.0711 e. The molecule has 0 bridgehead atoms. The molecule has 0 N–H and O–H groups in total. The highest BCUT2D eigenvalue weighted by Crippen LogP contribution is 2.45. The summed E-state index contributed by atoms with van der Waals surface area (Å²) in [6.07, 6.45) is 7.28. The van der Waals surface area contributed by atoms with Crippen LogP contribution in [0.2, 0.25) is 0 Å². The van der Waals surface area contributed by atoms with Crippen LogP contribution in [0.5, 0.6) is 0 Å². The van der Waals surface area contributed by atoms with Crippen LogP contribution in [-0.2, 0) is 13.0 Å². The summed E-state index contributed by atoms with van der Waals surface area (Å²) in [5.41, 5.74) is 31.2. The van der Waals surface area contributed by atoms with E-state index in [0.29, 0.717) is 0 Å². The van der Waals surface area contributed by atoms with Crippen LogP contribution in [-0.4, -0.2) is 22.7 Å². The van der Waals surface area contributed by atoms with Gasteiger partial charge in [0.15, 0.2) is 0 Å². The number of fused-ring (bicyclic) bond motifs is 6. The lowest BCUT2D eigenvalue weighted by atomic mass is 9.83. The zero-order valence-electron chi connectivity index (χ0n) is 55.4. The first kappa shape index (κ1) is 64.5. The Morgan fingerprint density at radius 1 is 0.500 bits per heavy atom. The van der Waals surface area contributed by atoms with Gasteiger partial charge in [-0.25, -0.2) is 0 Å². The maximum atomic E-state index is 5.43. The Balaban J connectivity index is 0.000000301. The first-order valence-corrected chi connectivity index (χ1v) is 32.8. The van der Waals surface area contributed by atoms with E-state index in [1.54, 1.807) is 0 Å². The molecule has 4 heteroatoms. The molecule has 2 aliphatic rings. The molecule has 0 fully saturated rings. The lowest BCUT2D eigenvalue weighted by molar-refractivity contribution is 0.956. The van der Waals surface area contributed by atoms with Crippen molar-refractivity contribution < 1.29 is 0 Å². The Morgan fingerprint density at radius 3 is 1.61 bits per heavy atom. The Morgan fingerprint density at radius 2 is 1.02 bits per heavy atom. The summed E-state index contributed by atoms with van der Waals surface area (Å²) in [6.45, 7) is 28.0. The van der Waals surface area contributed by atoms with E-state index < -0.39 is 0 Å². The van der Waals surface area contributed by atoms with Gasteiger partial charge < -0.3 is 4.57 Å². The van der Waals surface area contributed by atoms with Gasteiger partial charge in [-0.15, -0.1) is 0 Å². The van der Waals surface area contributed by atoms with Crippen molar-refractivity contribution in [3.8, 4) is 39.1 Å². The fourth-order valence-electron chi connectivity index (χ4n) is 12.7. The molecule has 0 amide bonds. The maximum absolute atomic E-state index is 5.43. The molecule has 4 nitrogen and oxygen atoms in total. The fourth-order valence-corrected chi connectivity index (χ4v) is 12.7. The summed E-state index contributed by atoms with van der Waals surface area (Å²) in [4.78, 5) is 14.3. The van der Waals surface area contributed by atoms with Crippen LogP contribution in [0.4, 0.5) is 0 Å². The Hall–Kier alpha value is -11.1. The van der Waals surface area contributed by atoms with Gasteiger partial charge >= 0.3 is 0 Å². The summed E-state index contributed by atoms with van der Waals surface area (Å²) in [5.74, 6) is 0. The predicted molar refractivity (Wildman–Crippen MR) is 407 cm³/mol. The van der Waals surface area contributed by atoms with Gasteiger partial charge in [-0.05, 0) is 210 Å². The number of rotatable bonds is 14. The van der Waals surface area contributed by atoms with Crippen molar-refractivity contribution in [1.82, 2.24) is 4.57 Å². The number of aliphatic imine (C=N–C) groups is 3. The molecule has 0 aliphatic heterocycles. The molecule has 94 heavy (non-hydrogen) atoms. The topological polar surface area (TPSA) is 42.0 Å². The minimum atomic E-state index is 0.752. The van der Waals surface area contributed by atoms with Gasteiger partial charge in [0.05, 0.1) is 29.0 Å². The van der Waals surface area contributed by atoms with Crippen molar-refractivity contribution in [2.75, 3.05) is 0 Å². The molecule has 0 atom stereocenters. The third kappa shape index (κ3) is 14.6. The largest absolute Gasteiger partial charge is 0.309 e. The SMILES string of the molecule is C=NC(=C)C1=C(c2cc(-c3ccc4c(c3)-c3cc(-c5ccc6c(c5)c5c(C(C)=N/C(=C\C(=C)c7ccccc7)c7ccccc7)cccc5n6-c5ccccc5)ccc3C4)ccc2C)C(C)=CCC1.CC.CC(=NCc1ccccc1)c1ccccc1.Cc1ccccc1. The third-order valence-electron chi connectivity index (χ3n) is 17.6. The van der Waals surface area contributed by atoms with Crippen LogP contribution < -0.4 is 0 Å². The highest BCUT2D eigenvalue weighted by molar-refractivity contribution is 6.21. The van der Waals surface area contributed by atoms with E-state index in [4.69, 9.17) is 4.99 Å². The highest BCUT2D eigenvalue weighted by Gasteiger charge is 2.24. The summed E-state index contributed by atoms with van der Waals surface area (Å²) in [6, 6.07) is 96.8. The molecular weight excluding hydrogens is 1140 g/mol. The average molecular weight is 1220 g/mol. The van der Waals surface area contributed by atoms with Crippen LogP contribution in [0, 0.1) is 13.8 Å². The quantitative estimate of drug-likeness (QED) is 0.0769. The van der Waals surface area contributed by atoms with E-state index in [-0.39, 0.29) is 0 Å². The number of nitrogens with zero attached hydrogens (tertiary/aromatic N) is 4. The molecule has 0 radical (unpaired) electrons. The molecule has 12 aromatic rings. The van der Waals surface area contributed by atoms with Crippen LogP contribution in [0.15, 0.2) is 330 Å². The van der Waals surface area contributed by atoms with E-state index in [1.165, 1.54) is 99.8 Å². The molecule has 462 valence electrons. The van der Waals surface area contributed by atoms with Crippen molar-refractivity contribution in [2.24, 2.45) is 15.0 Å². The van der Waals surface area contributed by atoms with E-state index in [9.17, 15) is 0 Å². The van der Waals surface area contributed by atoms with E-state index in [1.807, 2.05) is 92.7 Å². The molecule has 0 spiro atoms. The Bertz CT molecular complexity index is 4850. The van der Waals surface area contributed by atoms with Crippen molar-refractivity contribution in [3.05, 3.63) is 371 Å². The molecule has 11 aromatic carbocycles. The van der Waals surface area contributed by atoms with Crippen molar-refractivity contribution in [3.63, 3.8) is 0 Å². The predicted octanol–water partition coefficient (Wildman–Crippen LogP) is 24.0. The second-order valence-corrected chi connectivity index (χ2v) is 23.8. The molecule has 0 unspecified atom stereocenters. The minimum absolute atomic E-state index is 0.752. The van der Waals surface area contributed by atoms with E-state index >= 15 is 0 Å². The second-order valence-electron chi connectivity index (χ2n) is 23.8. The van der Waals surface area contributed by atoms with Gasteiger partial charge in [-0.2, -0.15) is 0 Å². The van der Waals surface area contributed by atoms with Gasteiger partial charge in [0.2, 0.25) is 0 Å². The zero-order chi connectivity index (χ0) is 65.5. The summed E-state index contributed by atoms with van der Waals surface area (Å²) < 4.78 is 2.39. The van der Waals surface area contributed by atoms with Crippen LogP contribution in [0.1, 0.15) is 103 Å². The van der Waals surface area contributed by atoms with E-state index in [2.05, 4.69) is 275 Å². The molecule has 0 saturated heterocycles. The molecule has 1 aromatic heterocycles. The van der Waals surface area contributed by atoms with Gasteiger partial charge in [-0.1, -0.05) is 263 Å². The number of hydrogen-bond acceptors (Lipinski definition) is 3. The van der Waals surface area contributed by atoms with Gasteiger partial charge in [-0.3, -0.25) is 15.0 Å². The monoisotopic (exact) mass is 1220 g/mol. The second kappa shape index (κ2) is 30.4. The number of aromatic nitrogens is 1. The Labute approximate surface area is 557 Å². The normalized spacial score (nSPS) is 12.7. The summed E-state index contributed by atoms with van der Waals surface area (Å²) in [5, 5.41) is 2.36. The first-order valence-electron chi connectivity index (χ1n) is 32.8. The first-order chi connectivity index (χ1) is 46.0. The van der Waals surface area contributed by atoms with Gasteiger partial charge in [0.1, 0.15) is 0 Å². The van der Waals surface area contributed by atoms with Gasteiger partial charge in [0, 0.05) is 39.0 Å². The van der Waals surface area contributed by atoms with Crippen molar-refractivity contribution in [1.29, 1.82) is 0 Å².